The topological polar surface area (TPSA) is 64.6 Å². The van der Waals surface area contributed by atoms with E-state index in [0.29, 0.717) is 11.3 Å². The average molecular weight is 353 g/mol. The van der Waals surface area contributed by atoms with Crippen LogP contribution in [0.5, 0.6) is 5.75 Å². The molecule has 132 valence electrons. The lowest BCUT2D eigenvalue weighted by Crippen LogP contribution is -2.21. The molecule has 0 spiro atoms. The summed E-state index contributed by atoms with van der Waals surface area (Å²) >= 11 is 0. The van der Waals surface area contributed by atoms with Crippen LogP contribution in [0.2, 0.25) is 0 Å². The maximum atomic E-state index is 13.0. The number of halogens is 3. The van der Waals surface area contributed by atoms with Crippen molar-refractivity contribution in [1.82, 2.24) is 0 Å². The Kier molecular flexibility index (Phi) is 6.39. The fourth-order valence-corrected chi connectivity index (χ4v) is 1.93. The molecule has 1 N–H and O–H groups in total. The van der Waals surface area contributed by atoms with Crippen LogP contribution >= 0.6 is 0 Å². The van der Waals surface area contributed by atoms with Gasteiger partial charge in [-0.15, -0.1) is 0 Å². The Balaban J connectivity index is 1.77. The number of alkyl halides is 2. The van der Waals surface area contributed by atoms with Gasteiger partial charge < -0.3 is 14.8 Å². The monoisotopic (exact) mass is 353 g/mol. The highest BCUT2D eigenvalue weighted by molar-refractivity contribution is 5.92. The molecule has 2 rings (SSSR count). The molecule has 0 aromatic heterocycles. The van der Waals surface area contributed by atoms with Gasteiger partial charge in [0, 0.05) is 5.69 Å². The van der Waals surface area contributed by atoms with E-state index in [2.05, 4.69) is 10.1 Å². The largest absolute Gasteiger partial charge is 0.455 e. The quantitative estimate of drug-likeness (QED) is 0.777. The van der Waals surface area contributed by atoms with E-state index in [1.807, 2.05) is 0 Å². The zero-order valence-corrected chi connectivity index (χ0v) is 12.9. The number of ether oxygens (including phenoxy) is 2. The first-order valence-corrected chi connectivity index (χ1v) is 7.17. The van der Waals surface area contributed by atoms with Crippen LogP contribution in [-0.2, 0) is 20.7 Å². The molecule has 0 aliphatic rings. The second-order valence-electron chi connectivity index (χ2n) is 4.92. The van der Waals surface area contributed by atoms with E-state index < -0.39 is 30.9 Å². The summed E-state index contributed by atoms with van der Waals surface area (Å²) in [4.78, 5) is 23.3. The Labute approximate surface area is 141 Å². The van der Waals surface area contributed by atoms with E-state index in [1.165, 1.54) is 42.5 Å². The van der Waals surface area contributed by atoms with E-state index in [4.69, 9.17) is 4.74 Å². The van der Waals surface area contributed by atoms with Crippen molar-refractivity contribution in [2.75, 3.05) is 11.9 Å². The number of nitrogens with one attached hydrogen (secondary N) is 1. The number of carbonyl (C=O) groups excluding carboxylic acids is 2. The maximum Gasteiger partial charge on any atom is 0.387 e. The van der Waals surface area contributed by atoms with Gasteiger partial charge in [-0.05, 0) is 42.0 Å². The highest BCUT2D eigenvalue weighted by Gasteiger charge is 2.10. The normalized spacial score (nSPS) is 10.4. The molecule has 2 aromatic rings. The standard InChI is InChI=1S/C17H14F3NO4/c18-12-3-1-2-11(8-12)9-16(23)24-10-15(22)21-13-4-6-14(7-5-13)25-17(19)20/h1-8,17H,9-10H2,(H,21,22). The fourth-order valence-electron chi connectivity index (χ4n) is 1.93. The van der Waals surface area contributed by atoms with E-state index >= 15 is 0 Å². The van der Waals surface area contributed by atoms with Crippen molar-refractivity contribution in [3.05, 3.63) is 59.9 Å². The minimum absolute atomic E-state index is 0.0467. The van der Waals surface area contributed by atoms with Crippen molar-refractivity contribution in [3.63, 3.8) is 0 Å². The molecule has 0 bridgehead atoms. The van der Waals surface area contributed by atoms with Crippen LogP contribution < -0.4 is 10.1 Å². The minimum atomic E-state index is -2.93. The van der Waals surface area contributed by atoms with E-state index in [1.54, 1.807) is 6.07 Å². The van der Waals surface area contributed by atoms with Gasteiger partial charge in [0.25, 0.3) is 5.91 Å². The lowest BCUT2D eigenvalue weighted by atomic mass is 10.1. The summed E-state index contributed by atoms with van der Waals surface area (Å²) in [5.41, 5.74) is 0.757. The van der Waals surface area contributed by atoms with Crippen molar-refractivity contribution in [2.24, 2.45) is 0 Å². The third-order valence-electron chi connectivity index (χ3n) is 2.96. The lowest BCUT2D eigenvalue weighted by Gasteiger charge is -2.08. The maximum absolute atomic E-state index is 13.0. The number of rotatable bonds is 7. The van der Waals surface area contributed by atoms with Gasteiger partial charge in [-0.3, -0.25) is 9.59 Å². The number of benzene rings is 2. The highest BCUT2D eigenvalue weighted by atomic mass is 19.3. The summed E-state index contributed by atoms with van der Waals surface area (Å²) in [7, 11) is 0. The molecule has 0 saturated carbocycles. The Morgan fingerprint density at radius 3 is 2.44 bits per heavy atom. The zero-order chi connectivity index (χ0) is 18.2. The van der Waals surface area contributed by atoms with E-state index in [-0.39, 0.29) is 12.2 Å². The number of hydrogen-bond acceptors (Lipinski definition) is 4. The molecule has 0 fully saturated rings. The molecule has 0 aliphatic carbocycles. The highest BCUT2D eigenvalue weighted by Crippen LogP contribution is 2.17. The van der Waals surface area contributed by atoms with Gasteiger partial charge in [0.2, 0.25) is 0 Å². The number of esters is 1. The Morgan fingerprint density at radius 2 is 1.80 bits per heavy atom. The van der Waals surface area contributed by atoms with Gasteiger partial charge in [0.05, 0.1) is 6.42 Å². The smallest absolute Gasteiger partial charge is 0.387 e. The van der Waals surface area contributed by atoms with Gasteiger partial charge >= 0.3 is 12.6 Å². The predicted octanol–water partition coefficient (Wildman–Crippen LogP) is 3.15. The Bertz CT molecular complexity index is 735. The number of hydrogen-bond donors (Lipinski definition) is 1. The van der Waals surface area contributed by atoms with Crippen LogP contribution in [0.4, 0.5) is 18.9 Å². The van der Waals surface area contributed by atoms with E-state index in [9.17, 15) is 22.8 Å². The molecule has 0 unspecified atom stereocenters. The molecule has 5 nitrogen and oxygen atoms in total. The molecular formula is C17H14F3NO4. The second-order valence-corrected chi connectivity index (χ2v) is 4.92. The third kappa shape index (κ3) is 6.54. The van der Waals surface area contributed by atoms with Crippen LogP contribution in [0.1, 0.15) is 5.56 Å². The Morgan fingerprint density at radius 1 is 1.08 bits per heavy atom. The number of anilines is 1. The molecule has 1 amide bonds. The first-order valence-electron chi connectivity index (χ1n) is 7.17. The third-order valence-corrected chi connectivity index (χ3v) is 2.96. The second kappa shape index (κ2) is 8.72. The summed E-state index contributed by atoms with van der Waals surface area (Å²) in [6.07, 6.45) is -0.162. The van der Waals surface area contributed by atoms with Crippen molar-refractivity contribution in [2.45, 2.75) is 13.0 Å². The van der Waals surface area contributed by atoms with Crippen LogP contribution in [0.25, 0.3) is 0 Å². The number of amides is 1. The van der Waals surface area contributed by atoms with Crippen LogP contribution in [-0.4, -0.2) is 25.1 Å². The van der Waals surface area contributed by atoms with Crippen LogP contribution in [0.15, 0.2) is 48.5 Å². The molecule has 0 aliphatic heterocycles. The SMILES string of the molecule is O=C(COC(=O)Cc1cccc(F)c1)Nc1ccc(OC(F)F)cc1. The van der Waals surface area contributed by atoms with Gasteiger partial charge in [-0.2, -0.15) is 8.78 Å². The van der Waals surface area contributed by atoms with Gasteiger partial charge in [0.15, 0.2) is 6.61 Å². The van der Waals surface area contributed by atoms with Crippen LogP contribution in [0, 0.1) is 5.82 Å². The van der Waals surface area contributed by atoms with E-state index in [0.717, 1.165) is 0 Å². The molecule has 0 heterocycles. The van der Waals surface area contributed by atoms with Crippen LogP contribution in [0.3, 0.4) is 0 Å². The lowest BCUT2D eigenvalue weighted by molar-refractivity contribution is -0.146. The predicted molar refractivity (Wildman–Crippen MR) is 82.8 cm³/mol. The summed E-state index contributed by atoms with van der Waals surface area (Å²) in [5, 5.41) is 2.43. The van der Waals surface area contributed by atoms with Gasteiger partial charge in [0.1, 0.15) is 11.6 Å². The van der Waals surface area contributed by atoms with Gasteiger partial charge in [-0.25, -0.2) is 4.39 Å². The average Bonchev–Trinajstić information content (AvgIpc) is 2.54. The van der Waals surface area contributed by atoms with Gasteiger partial charge in [-0.1, -0.05) is 12.1 Å². The summed E-state index contributed by atoms with van der Waals surface area (Å²) in [6.45, 7) is -3.46. The van der Waals surface area contributed by atoms with Crippen molar-refractivity contribution in [1.29, 1.82) is 0 Å². The molecule has 25 heavy (non-hydrogen) atoms. The zero-order valence-electron chi connectivity index (χ0n) is 12.9. The molecule has 0 saturated heterocycles. The molecule has 0 radical (unpaired) electrons. The molecule has 0 atom stereocenters. The minimum Gasteiger partial charge on any atom is -0.455 e. The molecule has 2 aromatic carbocycles. The Hall–Kier alpha value is -3.03. The fraction of sp³-hybridized carbons (Fsp3) is 0.176. The summed E-state index contributed by atoms with van der Waals surface area (Å²) < 4.78 is 46.0. The van der Waals surface area contributed by atoms with Crippen molar-refractivity contribution in [3.8, 4) is 5.75 Å². The molecule has 8 heteroatoms. The summed E-state index contributed by atoms with van der Waals surface area (Å²) in [6, 6.07) is 10.7. The van der Waals surface area contributed by atoms with Crippen molar-refractivity contribution < 1.29 is 32.2 Å². The summed E-state index contributed by atoms with van der Waals surface area (Å²) in [5.74, 6) is -1.80. The van der Waals surface area contributed by atoms with Crippen molar-refractivity contribution >= 4 is 17.6 Å². The first kappa shape index (κ1) is 18.3. The number of carbonyl (C=O) groups is 2. The molecular weight excluding hydrogens is 339 g/mol. The first-order chi connectivity index (χ1) is 11.9.